The third-order valence-corrected chi connectivity index (χ3v) is 3.96. The summed E-state index contributed by atoms with van der Waals surface area (Å²) in [6, 6.07) is 15.9. The van der Waals surface area contributed by atoms with Crippen LogP contribution in [0, 0.1) is 6.92 Å². The maximum Gasteiger partial charge on any atom is 0.337 e. The predicted molar refractivity (Wildman–Crippen MR) is 108 cm³/mol. The molecule has 2 aromatic carbocycles. The first-order chi connectivity index (χ1) is 13.4. The number of aromatic nitrogens is 2. The first-order valence-corrected chi connectivity index (χ1v) is 8.64. The summed E-state index contributed by atoms with van der Waals surface area (Å²) in [5, 5.41) is 6.30. The number of ether oxygens (including phenoxy) is 1. The average Bonchev–Trinajstić information content (AvgIpc) is 2.67. The van der Waals surface area contributed by atoms with E-state index in [9.17, 15) is 9.59 Å². The van der Waals surface area contributed by atoms with Crippen molar-refractivity contribution in [1.82, 2.24) is 9.97 Å². The Morgan fingerprint density at radius 2 is 1.64 bits per heavy atom. The van der Waals surface area contributed by atoms with E-state index in [0.717, 1.165) is 11.4 Å². The number of rotatable bonds is 6. The van der Waals surface area contributed by atoms with Gasteiger partial charge in [0.05, 0.1) is 12.7 Å². The number of hydrogen-bond donors (Lipinski definition) is 2. The number of benzene rings is 2. The van der Waals surface area contributed by atoms with Gasteiger partial charge in [-0.3, -0.25) is 4.79 Å². The van der Waals surface area contributed by atoms with Gasteiger partial charge in [0.15, 0.2) is 5.78 Å². The predicted octanol–water partition coefficient (Wildman–Crippen LogP) is 4.26. The third kappa shape index (κ3) is 4.70. The second-order valence-corrected chi connectivity index (χ2v) is 6.17. The molecule has 0 spiro atoms. The Morgan fingerprint density at radius 3 is 2.32 bits per heavy atom. The number of aryl methyl sites for hydroxylation is 1. The summed E-state index contributed by atoms with van der Waals surface area (Å²) in [6.45, 7) is 3.39. The molecule has 0 fully saturated rings. The Balaban J connectivity index is 1.80. The molecule has 0 unspecified atom stereocenters. The molecule has 0 aliphatic carbocycles. The fraction of sp³-hybridized carbons (Fsp3) is 0.143. The van der Waals surface area contributed by atoms with Gasteiger partial charge in [-0.2, -0.15) is 4.98 Å². The van der Waals surface area contributed by atoms with Crippen LogP contribution in [0.15, 0.2) is 54.6 Å². The first kappa shape index (κ1) is 19.0. The highest BCUT2D eigenvalue weighted by atomic mass is 16.5. The molecule has 0 aliphatic heterocycles. The lowest BCUT2D eigenvalue weighted by Gasteiger charge is -2.11. The van der Waals surface area contributed by atoms with E-state index in [2.05, 4.69) is 20.6 Å². The minimum atomic E-state index is -0.412. The van der Waals surface area contributed by atoms with Gasteiger partial charge in [-0.1, -0.05) is 6.07 Å². The smallest absolute Gasteiger partial charge is 0.337 e. The van der Waals surface area contributed by atoms with Crippen molar-refractivity contribution in [2.24, 2.45) is 0 Å². The van der Waals surface area contributed by atoms with E-state index in [1.54, 1.807) is 30.3 Å². The van der Waals surface area contributed by atoms with Gasteiger partial charge in [0.1, 0.15) is 5.82 Å². The number of hydrogen-bond acceptors (Lipinski definition) is 7. The molecule has 0 aliphatic rings. The minimum Gasteiger partial charge on any atom is -0.465 e. The Bertz CT molecular complexity index is 1020. The molecule has 0 saturated heterocycles. The van der Waals surface area contributed by atoms with Crippen molar-refractivity contribution in [2.45, 2.75) is 13.8 Å². The summed E-state index contributed by atoms with van der Waals surface area (Å²) in [5.74, 6) is 0.606. The normalized spacial score (nSPS) is 10.2. The Kier molecular flexibility index (Phi) is 5.64. The van der Waals surface area contributed by atoms with E-state index in [-0.39, 0.29) is 5.78 Å². The van der Waals surface area contributed by atoms with Crippen LogP contribution in [-0.4, -0.2) is 28.8 Å². The number of methoxy groups -OCH3 is 1. The molecule has 1 heterocycles. The van der Waals surface area contributed by atoms with Gasteiger partial charge in [-0.25, -0.2) is 9.78 Å². The SMILES string of the molecule is COC(=O)c1cccc(Nc2nc(C)cc(Nc3ccc(C(C)=O)cc3)n2)c1. The Hall–Kier alpha value is -3.74. The summed E-state index contributed by atoms with van der Waals surface area (Å²) in [4.78, 5) is 31.9. The van der Waals surface area contributed by atoms with E-state index < -0.39 is 5.97 Å². The van der Waals surface area contributed by atoms with Gasteiger partial charge in [-0.15, -0.1) is 0 Å². The number of carbonyl (C=O) groups excluding carboxylic acids is 2. The second-order valence-electron chi connectivity index (χ2n) is 6.17. The lowest BCUT2D eigenvalue weighted by Crippen LogP contribution is -2.04. The quantitative estimate of drug-likeness (QED) is 0.490. The summed E-state index contributed by atoms with van der Waals surface area (Å²) in [5.41, 5.74) is 3.33. The van der Waals surface area contributed by atoms with Gasteiger partial charge in [0.2, 0.25) is 5.95 Å². The van der Waals surface area contributed by atoms with Crippen molar-refractivity contribution in [3.8, 4) is 0 Å². The molecule has 142 valence electrons. The van der Waals surface area contributed by atoms with Crippen LogP contribution in [0.5, 0.6) is 0 Å². The number of nitrogens with one attached hydrogen (secondary N) is 2. The van der Waals surface area contributed by atoms with Crippen LogP contribution in [0.2, 0.25) is 0 Å². The monoisotopic (exact) mass is 376 g/mol. The molecule has 7 heteroatoms. The molecule has 1 aromatic heterocycles. The molecule has 0 amide bonds. The number of carbonyl (C=O) groups is 2. The van der Waals surface area contributed by atoms with Gasteiger partial charge < -0.3 is 15.4 Å². The molecule has 7 nitrogen and oxygen atoms in total. The first-order valence-electron chi connectivity index (χ1n) is 8.64. The zero-order valence-electron chi connectivity index (χ0n) is 15.8. The highest BCUT2D eigenvalue weighted by Crippen LogP contribution is 2.20. The molecule has 2 N–H and O–H groups in total. The van der Waals surface area contributed by atoms with Crippen molar-refractivity contribution >= 4 is 34.9 Å². The zero-order valence-corrected chi connectivity index (χ0v) is 15.8. The van der Waals surface area contributed by atoms with Gasteiger partial charge in [0, 0.05) is 28.7 Å². The molecule has 0 saturated carbocycles. The molecular formula is C21H20N4O3. The van der Waals surface area contributed by atoms with Crippen molar-refractivity contribution in [3.63, 3.8) is 0 Å². The maximum atomic E-state index is 11.7. The average molecular weight is 376 g/mol. The maximum absolute atomic E-state index is 11.7. The van der Waals surface area contributed by atoms with E-state index in [1.165, 1.54) is 14.0 Å². The number of nitrogens with zero attached hydrogens (tertiary/aromatic N) is 2. The van der Waals surface area contributed by atoms with Crippen LogP contribution in [0.4, 0.5) is 23.1 Å². The van der Waals surface area contributed by atoms with E-state index in [4.69, 9.17) is 4.74 Å². The summed E-state index contributed by atoms with van der Waals surface area (Å²) >= 11 is 0. The number of ketones is 1. The fourth-order valence-corrected chi connectivity index (χ4v) is 2.60. The van der Waals surface area contributed by atoms with E-state index >= 15 is 0 Å². The van der Waals surface area contributed by atoms with Gasteiger partial charge >= 0.3 is 5.97 Å². The van der Waals surface area contributed by atoms with Crippen LogP contribution in [0.3, 0.4) is 0 Å². The minimum absolute atomic E-state index is 0.0186. The standard InChI is InChI=1S/C21H20N4O3/c1-13-11-19(23-17-9-7-15(8-10-17)14(2)26)25-21(22-13)24-18-6-4-5-16(12-18)20(27)28-3/h4-12H,1-3H3,(H2,22,23,24,25). The second kappa shape index (κ2) is 8.30. The van der Waals surface area contributed by atoms with Crippen LogP contribution in [0.25, 0.3) is 0 Å². The largest absolute Gasteiger partial charge is 0.465 e. The molecule has 0 atom stereocenters. The molecule has 3 rings (SSSR count). The molecule has 0 radical (unpaired) electrons. The van der Waals surface area contributed by atoms with E-state index in [1.807, 2.05) is 31.2 Å². The van der Waals surface area contributed by atoms with E-state index in [0.29, 0.717) is 28.6 Å². The number of anilines is 4. The Labute approximate surface area is 162 Å². The molecule has 0 bridgehead atoms. The third-order valence-electron chi connectivity index (χ3n) is 3.96. The van der Waals surface area contributed by atoms with Crippen LogP contribution in [0.1, 0.15) is 33.3 Å². The van der Waals surface area contributed by atoms with Gasteiger partial charge in [0.25, 0.3) is 0 Å². The topological polar surface area (TPSA) is 93.2 Å². The molecule has 28 heavy (non-hydrogen) atoms. The van der Waals surface area contributed by atoms with Crippen molar-refractivity contribution in [3.05, 3.63) is 71.4 Å². The van der Waals surface area contributed by atoms with Crippen LogP contribution in [-0.2, 0) is 4.74 Å². The van der Waals surface area contributed by atoms with Gasteiger partial charge in [-0.05, 0) is 56.3 Å². The lowest BCUT2D eigenvalue weighted by atomic mass is 10.1. The summed E-state index contributed by atoms with van der Waals surface area (Å²) < 4.78 is 4.74. The van der Waals surface area contributed by atoms with Crippen molar-refractivity contribution in [2.75, 3.05) is 17.7 Å². The van der Waals surface area contributed by atoms with Crippen LogP contribution < -0.4 is 10.6 Å². The van der Waals surface area contributed by atoms with Crippen molar-refractivity contribution < 1.29 is 14.3 Å². The fourth-order valence-electron chi connectivity index (χ4n) is 2.60. The molecular weight excluding hydrogens is 356 g/mol. The molecule has 3 aromatic rings. The van der Waals surface area contributed by atoms with Crippen molar-refractivity contribution in [1.29, 1.82) is 0 Å². The van der Waals surface area contributed by atoms with Crippen LogP contribution >= 0.6 is 0 Å². The number of Topliss-reactive ketones (excluding diaryl/α,β-unsaturated/α-hetero) is 1. The highest BCUT2D eigenvalue weighted by Gasteiger charge is 2.08. The highest BCUT2D eigenvalue weighted by molar-refractivity contribution is 5.94. The summed E-state index contributed by atoms with van der Waals surface area (Å²) in [6.07, 6.45) is 0. The number of esters is 1. The lowest BCUT2D eigenvalue weighted by molar-refractivity contribution is 0.0600. The Morgan fingerprint density at radius 1 is 0.893 bits per heavy atom. The summed E-state index contributed by atoms with van der Waals surface area (Å²) in [7, 11) is 1.34. The zero-order chi connectivity index (χ0) is 20.1.